The molecule has 0 amide bonds. The van der Waals surface area contributed by atoms with Gasteiger partial charge in [-0.3, -0.25) is 0 Å². The summed E-state index contributed by atoms with van der Waals surface area (Å²) in [5.74, 6) is 1.74. The molecule has 1 aliphatic heterocycles. The van der Waals surface area contributed by atoms with E-state index in [4.69, 9.17) is 9.72 Å². The van der Waals surface area contributed by atoms with Gasteiger partial charge in [0.2, 0.25) is 0 Å². The second-order valence-electron chi connectivity index (χ2n) is 14.8. The number of benzene rings is 7. The van der Waals surface area contributed by atoms with E-state index in [0.717, 1.165) is 94.9 Å². The molecule has 55 heavy (non-hydrogen) atoms. The van der Waals surface area contributed by atoms with Crippen molar-refractivity contribution in [3.63, 3.8) is 0 Å². The Morgan fingerprint density at radius 2 is 0.982 bits per heavy atom. The number of fused-ring (bicyclic) bond motifs is 5. The van der Waals surface area contributed by atoms with Crippen LogP contribution in [-0.4, -0.2) is 9.55 Å². The number of hydrogen-bond donors (Lipinski definition) is 0. The predicted molar refractivity (Wildman–Crippen MR) is 224 cm³/mol. The lowest BCUT2D eigenvalue weighted by Gasteiger charge is -2.35. The monoisotopic (exact) mass is 705 g/mol. The minimum atomic E-state index is -0.346. The van der Waals surface area contributed by atoms with Gasteiger partial charge in [-0.25, -0.2) is 4.98 Å². The van der Waals surface area contributed by atoms with Crippen LogP contribution in [0.5, 0.6) is 11.5 Å². The normalized spacial score (nSPS) is 12.8. The van der Waals surface area contributed by atoms with Crippen molar-refractivity contribution >= 4 is 21.8 Å². The molecule has 0 N–H and O–H groups in total. The summed E-state index contributed by atoms with van der Waals surface area (Å²) >= 11 is 0. The SMILES string of the molecule is CC1(C)c2cc(-c3cc(-c4ccccc4)nc(-c4ccccc4)c3)ccc2Oc2ccc(-c3ccc4c(c3)c3cc(C#N)ccc3n4-c3ccccc3)cc21. The zero-order valence-electron chi connectivity index (χ0n) is 30.5. The van der Waals surface area contributed by atoms with Crippen LogP contribution in [0.2, 0.25) is 0 Å². The third-order valence-electron chi connectivity index (χ3n) is 11.1. The molecular weight excluding hydrogens is 671 g/mol. The highest BCUT2D eigenvalue weighted by Crippen LogP contribution is 2.50. The van der Waals surface area contributed by atoms with Gasteiger partial charge in [0.15, 0.2) is 0 Å². The van der Waals surface area contributed by atoms with Crippen molar-refractivity contribution in [1.82, 2.24) is 9.55 Å². The highest BCUT2D eigenvalue weighted by molar-refractivity contribution is 6.11. The number of hydrogen-bond acceptors (Lipinski definition) is 3. The lowest BCUT2D eigenvalue weighted by Crippen LogP contribution is -2.24. The average Bonchev–Trinajstić information content (AvgIpc) is 3.57. The van der Waals surface area contributed by atoms with Gasteiger partial charge in [0.05, 0.1) is 34.1 Å². The highest BCUT2D eigenvalue weighted by atomic mass is 16.5. The Labute approximate surface area is 320 Å². The molecule has 7 aromatic carbocycles. The van der Waals surface area contributed by atoms with Crippen molar-refractivity contribution < 1.29 is 4.74 Å². The smallest absolute Gasteiger partial charge is 0.131 e. The number of ether oxygens (including phenoxy) is 1. The Balaban J connectivity index is 1.07. The van der Waals surface area contributed by atoms with Crippen LogP contribution >= 0.6 is 0 Å². The number of pyridine rings is 1. The topological polar surface area (TPSA) is 50.8 Å². The molecule has 1 aliphatic rings. The number of nitrogens with zero attached hydrogens (tertiary/aromatic N) is 3. The summed E-state index contributed by atoms with van der Waals surface area (Å²) < 4.78 is 8.92. The summed E-state index contributed by atoms with van der Waals surface area (Å²) in [7, 11) is 0. The van der Waals surface area contributed by atoms with E-state index in [0.29, 0.717) is 5.56 Å². The molecule has 10 rings (SSSR count). The Morgan fingerprint density at radius 1 is 0.491 bits per heavy atom. The van der Waals surface area contributed by atoms with Gasteiger partial charge < -0.3 is 9.30 Å². The molecule has 4 nitrogen and oxygen atoms in total. The van der Waals surface area contributed by atoms with Gasteiger partial charge in [-0.15, -0.1) is 0 Å². The van der Waals surface area contributed by atoms with Gasteiger partial charge in [-0.1, -0.05) is 111 Å². The quantitative estimate of drug-likeness (QED) is 0.179. The van der Waals surface area contributed by atoms with Crippen LogP contribution in [0.1, 0.15) is 30.5 Å². The molecule has 3 heterocycles. The lowest BCUT2D eigenvalue weighted by molar-refractivity contribution is 0.418. The Bertz CT molecular complexity index is 2920. The Kier molecular flexibility index (Phi) is 7.50. The summed E-state index contributed by atoms with van der Waals surface area (Å²) in [5, 5.41) is 12.0. The summed E-state index contributed by atoms with van der Waals surface area (Å²) in [6.07, 6.45) is 0. The molecule has 2 aromatic heterocycles. The average molecular weight is 706 g/mol. The summed E-state index contributed by atoms with van der Waals surface area (Å²) in [4.78, 5) is 5.10. The van der Waals surface area contributed by atoms with Crippen molar-refractivity contribution in [2.24, 2.45) is 0 Å². The molecule has 0 radical (unpaired) electrons. The summed E-state index contributed by atoms with van der Waals surface area (Å²) in [6, 6.07) is 63.6. The first-order valence-corrected chi connectivity index (χ1v) is 18.6. The maximum absolute atomic E-state index is 9.79. The molecule has 0 saturated heterocycles. The lowest BCUT2D eigenvalue weighted by atomic mass is 9.74. The van der Waals surface area contributed by atoms with Crippen molar-refractivity contribution in [2.45, 2.75) is 19.3 Å². The second-order valence-corrected chi connectivity index (χ2v) is 14.8. The van der Waals surface area contributed by atoms with E-state index in [1.165, 1.54) is 0 Å². The van der Waals surface area contributed by atoms with Crippen LogP contribution in [0.25, 0.3) is 72.3 Å². The van der Waals surface area contributed by atoms with Crippen molar-refractivity contribution in [1.29, 1.82) is 5.26 Å². The highest BCUT2D eigenvalue weighted by Gasteiger charge is 2.35. The molecule has 0 atom stereocenters. The second kappa shape index (κ2) is 12.7. The van der Waals surface area contributed by atoms with Crippen LogP contribution in [0.15, 0.2) is 176 Å². The van der Waals surface area contributed by atoms with Crippen LogP contribution < -0.4 is 4.74 Å². The molecule has 0 unspecified atom stereocenters. The van der Waals surface area contributed by atoms with Crippen LogP contribution in [-0.2, 0) is 5.41 Å². The molecule has 0 saturated carbocycles. The van der Waals surface area contributed by atoms with Crippen LogP contribution in [0.4, 0.5) is 0 Å². The molecule has 4 heteroatoms. The maximum Gasteiger partial charge on any atom is 0.131 e. The minimum absolute atomic E-state index is 0.346. The zero-order chi connectivity index (χ0) is 37.1. The molecule has 0 fully saturated rings. The number of aromatic nitrogens is 2. The van der Waals surface area contributed by atoms with E-state index >= 15 is 0 Å². The molecule has 260 valence electrons. The van der Waals surface area contributed by atoms with Gasteiger partial charge in [-0.2, -0.15) is 5.26 Å². The molecular formula is C51H35N3O. The molecule has 0 bridgehead atoms. The minimum Gasteiger partial charge on any atom is -0.457 e. The Hall–Kier alpha value is -7.22. The van der Waals surface area contributed by atoms with E-state index < -0.39 is 0 Å². The number of para-hydroxylation sites is 1. The predicted octanol–water partition coefficient (Wildman–Crippen LogP) is 13.1. The summed E-state index contributed by atoms with van der Waals surface area (Å²) in [5.41, 5.74) is 14.3. The van der Waals surface area contributed by atoms with Crippen LogP contribution in [0.3, 0.4) is 0 Å². The fourth-order valence-corrected chi connectivity index (χ4v) is 8.18. The third kappa shape index (κ3) is 5.48. The summed E-state index contributed by atoms with van der Waals surface area (Å²) in [6.45, 7) is 4.58. The standard InChI is InChI=1S/C51H35N3O/c1-51(2)43-28-37(36-19-23-48-42(27-36)41-26-33(32-52)18-22-47(41)54(48)40-16-10-5-11-17-40)20-24-49(43)55-50-25-21-38(29-44(50)51)39-30-45(34-12-6-3-7-13-34)53-46(31-39)35-14-8-4-9-15-35/h3-31H,1-2H3. The Morgan fingerprint density at radius 3 is 1.56 bits per heavy atom. The van der Waals surface area contributed by atoms with E-state index in [9.17, 15) is 5.26 Å². The van der Waals surface area contributed by atoms with E-state index in [1.807, 2.05) is 30.3 Å². The van der Waals surface area contributed by atoms with Gasteiger partial charge in [0, 0.05) is 44.1 Å². The van der Waals surface area contributed by atoms with Gasteiger partial charge >= 0.3 is 0 Å². The van der Waals surface area contributed by atoms with Gasteiger partial charge in [-0.05, 0) is 101 Å². The first kappa shape index (κ1) is 32.4. The van der Waals surface area contributed by atoms with Crippen molar-refractivity contribution in [2.75, 3.05) is 0 Å². The largest absolute Gasteiger partial charge is 0.457 e. The molecule has 0 spiro atoms. The first-order chi connectivity index (χ1) is 26.9. The van der Waals surface area contributed by atoms with E-state index in [2.05, 4.69) is 170 Å². The van der Waals surface area contributed by atoms with Crippen molar-refractivity contribution in [3.8, 4) is 68.0 Å². The maximum atomic E-state index is 9.79. The van der Waals surface area contributed by atoms with Gasteiger partial charge in [0.1, 0.15) is 11.5 Å². The first-order valence-electron chi connectivity index (χ1n) is 18.6. The fraction of sp³-hybridized carbons (Fsp3) is 0.0588. The van der Waals surface area contributed by atoms with E-state index in [-0.39, 0.29) is 5.41 Å². The zero-order valence-corrected chi connectivity index (χ0v) is 30.5. The van der Waals surface area contributed by atoms with Crippen LogP contribution in [0, 0.1) is 11.3 Å². The third-order valence-corrected chi connectivity index (χ3v) is 11.1. The number of rotatable bonds is 5. The van der Waals surface area contributed by atoms with E-state index in [1.54, 1.807) is 0 Å². The fourth-order valence-electron chi connectivity index (χ4n) is 8.18. The molecule has 0 aliphatic carbocycles. The van der Waals surface area contributed by atoms with Crippen molar-refractivity contribution in [3.05, 3.63) is 193 Å². The van der Waals surface area contributed by atoms with Gasteiger partial charge in [0.25, 0.3) is 0 Å². The number of nitriles is 1. The molecule has 9 aromatic rings.